The first-order valence-corrected chi connectivity index (χ1v) is 12.1. The number of carbonyl (C=O) groups excluding carboxylic acids is 3. The van der Waals surface area contributed by atoms with Crippen molar-refractivity contribution in [2.75, 3.05) is 13.2 Å². The molecule has 2 heterocycles. The second-order valence-electron chi connectivity index (χ2n) is 9.66. The van der Waals surface area contributed by atoms with Crippen LogP contribution in [0.15, 0.2) is 36.4 Å². The monoisotopic (exact) mass is 454 g/mol. The van der Waals surface area contributed by atoms with Crippen LogP contribution in [0.1, 0.15) is 51.5 Å². The van der Waals surface area contributed by atoms with E-state index in [1.165, 1.54) is 4.90 Å². The van der Waals surface area contributed by atoms with Crippen molar-refractivity contribution in [3.8, 4) is 5.75 Å². The maximum Gasteiger partial charge on any atom is 0.243 e. The highest BCUT2D eigenvalue weighted by atomic mass is 16.5. The Hall–Kier alpha value is -2.67. The molecule has 2 saturated heterocycles. The average Bonchev–Trinajstić information content (AvgIpc) is 3.42. The predicted octanol–water partition coefficient (Wildman–Crippen LogP) is 3.23. The first-order valence-electron chi connectivity index (χ1n) is 12.1. The molecule has 7 nitrogen and oxygen atoms in total. The van der Waals surface area contributed by atoms with Crippen molar-refractivity contribution in [1.82, 2.24) is 10.2 Å². The number of fused-ring (bicyclic) bond motifs is 1. The molecule has 2 fully saturated rings. The van der Waals surface area contributed by atoms with Gasteiger partial charge in [-0.3, -0.25) is 19.3 Å². The van der Waals surface area contributed by atoms with E-state index in [1.54, 1.807) is 0 Å². The molecule has 0 bridgehead atoms. The van der Waals surface area contributed by atoms with Crippen molar-refractivity contribution in [3.05, 3.63) is 42.0 Å². The number of imide groups is 1. The van der Waals surface area contributed by atoms with E-state index in [0.717, 1.165) is 30.8 Å². The van der Waals surface area contributed by atoms with Gasteiger partial charge in [-0.05, 0) is 55.7 Å². The molecule has 0 radical (unpaired) electrons. The van der Waals surface area contributed by atoms with Crippen LogP contribution in [0.5, 0.6) is 5.75 Å². The van der Waals surface area contributed by atoms with Gasteiger partial charge in [0.25, 0.3) is 0 Å². The smallest absolute Gasteiger partial charge is 0.243 e. The van der Waals surface area contributed by atoms with Crippen molar-refractivity contribution in [2.45, 2.75) is 64.6 Å². The maximum atomic E-state index is 13.1. The molecule has 4 unspecified atom stereocenters. The lowest BCUT2D eigenvalue weighted by Crippen LogP contribution is -2.50. The number of nitrogens with one attached hydrogen (secondary N) is 1. The van der Waals surface area contributed by atoms with Crippen LogP contribution in [0.2, 0.25) is 0 Å². The first kappa shape index (κ1) is 23.5. The summed E-state index contributed by atoms with van der Waals surface area (Å²) in [6.45, 7) is 5.66. The van der Waals surface area contributed by atoms with Crippen LogP contribution in [-0.4, -0.2) is 48.0 Å². The van der Waals surface area contributed by atoms with Gasteiger partial charge in [0.05, 0.1) is 17.9 Å². The molecule has 1 aliphatic carbocycles. The Morgan fingerprint density at radius 2 is 1.79 bits per heavy atom. The highest BCUT2D eigenvalue weighted by molar-refractivity contribution is 6.08. The number of amides is 3. The molecule has 3 amide bonds. The highest BCUT2D eigenvalue weighted by Crippen LogP contribution is 2.37. The van der Waals surface area contributed by atoms with Crippen LogP contribution in [0.3, 0.4) is 0 Å². The predicted molar refractivity (Wildman–Crippen MR) is 123 cm³/mol. The number of hydrogen-bond donors (Lipinski definition) is 1. The molecule has 2 aliphatic heterocycles. The molecule has 4 atom stereocenters. The Bertz CT molecular complexity index is 862. The van der Waals surface area contributed by atoms with Gasteiger partial charge in [-0.2, -0.15) is 0 Å². The summed E-state index contributed by atoms with van der Waals surface area (Å²) in [4.78, 5) is 40.4. The summed E-state index contributed by atoms with van der Waals surface area (Å²) >= 11 is 0. The Balaban J connectivity index is 1.35. The van der Waals surface area contributed by atoms with Crippen LogP contribution in [-0.2, 0) is 25.7 Å². The number of carbonyl (C=O) groups is 3. The highest BCUT2D eigenvalue weighted by Gasteiger charge is 2.51. The molecule has 3 aliphatic rings. The van der Waals surface area contributed by atoms with Crippen LogP contribution in [0.25, 0.3) is 0 Å². The Morgan fingerprint density at radius 3 is 2.36 bits per heavy atom. The standard InChI is InChI=1S/C26H34N2O5/c1-17(2)14-23(28-25(30)21-7-3-4-8-22(21)26(28)31)24(29)27-15-18-9-11-19(12-10-18)33-16-20-6-5-13-32-20/h3-4,9-12,17,20-23H,5-8,13-16H2,1-2H3,(H,27,29). The number of hydrogen-bond acceptors (Lipinski definition) is 5. The van der Waals surface area contributed by atoms with Crippen molar-refractivity contribution < 1.29 is 23.9 Å². The lowest BCUT2D eigenvalue weighted by Gasteiger charge is -2.27. The van der Waals surface area contributed by atoms with Crippen molar-refractivity contribution in [1.29, 1.82) is 0 Å². The molecular formula is C26H34N2O5. The molecule has 0 aromatic heterocycles. The van der Waals surface area contributed by atoms with E-state index in [9.17, 15) is 14.4 Å². The number of rotatable bonds is 9. The van der Waals surface area contributed by atoms with E-state index in [4.69, 9.17) is 9.47 Å². The molecule has 1 aromatic rings. The first-order chi connectivity index (χ1) is 15.9. The second kappa shape index (κ2) is 10.5. The van der Waals surface area contributed by atoms with Crippen LogP contribution in [0, 0.1) is 17.8 Å². The summed E-state index contributed by atoms with van der Waals surface area (Å²) in [5, 5.41) is 2.94. The summed E-state index contributed by atoms with van der Waals surface area (Å²) in [5.41, 5.74) is 0.924. The average molecular weight is 455 g/mol. The fourth-order valence-electron chi connectivity index (χ4n) is 4.88. The van der Waals surface area contributed by atoms with Crippen LogP contribution >= 0.6 is 0 Å². The minimum Gasteiger partial charge on any atom is -0.491 e. The zero-order valence-electron chi connectivity index (χ0n) is 19.5. The minimum atomic E-state index is -0.774. The summed E-state index contributed by atoms with van der Waals surface area (Å²) in [7, 11) is 0. The molecule has 4 rings (SSSR count). The summed E-state index contributed by atoms with van der Waals surface area (Å²) in [5.74, 6) is -0.411. The minimum absolute atomic E-state index is 0.164. The third kappa shape index (κ3) is 5.46. The number of likely N-dealkylation sites (tertiary alicyclic amines) is 1. The molecule has 0 spiro atoms. The van der Waals surface area contributed by atoms with Gasteiger partial charge in [-0.25, -0.2) is 0 Å². The van der Waals surface area contributed by atoms with Gasteiger partial charge in [0, 0.05) is 13.2 Å². The third-order valence-electron chi connectivity index (χ3n) is 6.70. The molecule has 0 saturated carbocycles. The van der Waals surface area contributed by atoms with Crippen LogP contribution < -0.4 is 10.1 Å². The van der Waals surface area contributed by atoms with E-state index in [-0.39, 0.29) is 41.6 Å². The van der Waals surface area contributed by atoms with E-state index in [1.807, 2.05) is 50.3 Å². The summed E-state index contributed by atoms with van der Waals surface area (Å²) in [6, 6.07) is 6.81. The lowest BCUT2D eigenvalue weighted by atomic mass is 9.85. The molecule has 7 heteroatoms. The Morgan fingerprint density at radius 1 is 1.12 bits per heavy atom. The SMILES string of the molecule is CC(C)CC(C(=O)NCc1ccc(OCC2CCCO2)cc1)N1C(=O)C2CC=CCC2C1=O. The van der Waals surface area contributed by atoms with Gasteiger partial charge in [0.2, 0.25) is 17.7 Å². The molecular weight excluding hydrogens is 420 g/mol. The topological polar surface area (TPSA) is 84.9 Å². The molecule has 33 heavy (non-hydrogen) atoms. The Labute approximate surface area is 195 Å². The zero-order valence-corrected chi connectivity index (χ0v) is 19.5. The molecule has 1 N–H and O–H groups in total. The zero-order chi connectivity index (χ0) is 23.4. The van der Waals surface area contributed by atoms with Crippen molar-refractivity contribution in [2.24, 2.45) is 17.8 Å². The number of allylic oxidation sites excluding steroid dienone is 2. The van der Waals surface area contributed by atoms with Gasteiger partial charge in [-0.15, -0.1) is 0 Å². The molecule has 1 aromatic carbocycles. The van der Waals surface area contributed by atoms with Gasteiger partial charge < -0.3 is 14.8 Å². The van der Waals surface area contributed by atoms with E-state index in [2.05, 4.69) is 5.32 Å². The number of benzene rings is 1. The second-order valence-corrected chi connectivity index (χ2v) is 9.66. The van der Waals surface area contributed by atoms with Crippen molar-refractivity contribution in [3.63, 3.8) is 0 Å². The lowest BCUT2D eigenvalue weighted by molar-refractivity contribution is -0.148. The fraction of sp³-hybridized carbons (Fsp3) is 0.577. The molecule has 178 valence electrons. The fourth-order valence-corrected chi connectivity index (χ4v) is 4.88. The van der Waals surface area contributed by atoms with Gasteiger partial charge in [-0.1, -0.05) is 38.1 Å². The maximum absolute atomic E-state index is 13.1. The number of nitrogens with zero attached hydrogens (tertiary/aromatic N) is 1. The quantitative estimate of drug-likeness (QED) is 0.457. The Kier molecular flexibility index (Phi) is 7.48. The van der Waals surface area contributed by atoms with Gasteiger partial charge >= 0.3 is 0 Å². The van der Waals surface area contributed by atoms with Crippen LogP contribution in [0.4, 0.5) is 0 Å². The normalized spacial score (nSPS) is 25.4. The van der Waals surface area contributed by atoms with E-state index < -0.39 is 6.04 Å². The van der Waals surface area contributed by atoms with Gasteiger partial charge in [0.15, 0.2) is 0 Å². The largest absolute Gasteiger partial charge is 0.491 e. The van der Waals surface area contributed by atoms with E-state index in [0.29, 0.717) is 32.4 Å². The van der Waals surface area contributed by atoms with Gasteiger partial charge in [0.1, 0.15) is 18.4 Å². The van der Waals surface area contributed by atoms with Crippen molar-refractivity contribution >= 4 is 17.7 Å². The summed E-state index contributed by atoms with van der Waals surface area (Å²) < 4.78 is 11.4. The number of ether oxygens (including phenoxy) is 2. The van der Waals surface area contributed by atoms with E-state index >= 15 is 0 Å². The third-order valence-corrected chi connectivity index (χ3v) is 6.70. The summed E-state index contributed by atoms with van der Waals surface area (Å²) in [6.07, 6.45) is 7.79.